The molecule has 0 aliphatic carbocycles. The molecule has 5 rings (SSSR count). The summed E-state index contributed by atoms with van der Waals surface area (Å²) in [4.78, 5) is 12.0. The van der Waals surface area contributed by atoms with Gasteiger partial charge in [-0.2, -0.15) is 0 Å². The molecule has 144 valence electrons. The standard InChI is InChI=1S/C23H19N3O3/c1-27-13-18-22-17-9-16(28-12-15-5-3-2-4-6-15)7-8-19(17)26-20(22)10-25-23(18)21-11-24-14-29-21/h2-11,14,26H,12-13H2,1H3. The van der Waals surface area contributed by atoms with Crippen LogP contribution in [0.4, 0.5) is 0 Å². The van der Waals surface area contributed by atoms with E-state index in [0.29, 0.717) is 19.0 Å². The van der Waals surface area contributed by atoms with E-state index in [1.54, 1.807) is 13.3 Å². The Balaban J connectivity index is 1.61. The van der Waals surface area contributed by atoms with E-state index in [-0.39, 0.29) is 0 Å². The van der Waals surface area contributed by atoms with Crippen LogP contribution in [0, 0.1) is 0 Å². The third kappa shape index (κ3) is 3.23. The van der Waals surface area contributed by atoms with Crippen LogP contribution in [0.15, 0.2) is 71.7 Å². The highest BCUT2D eigenvalue weighted by molar-refractivity contribution is 6.10. The van der Waals surface area contributed by atoms with Gasteiger partial charge in [0.1, 0.15) is 18.1 Å². The van der Waals surface area contributed by atoms with Gasteiger partial charge in [0.2, 0.25) is 0 Å². The van der Waals surface area contributed by atoms with Gasteiger partial charge in [0.15, 0.2) is 12.2 Å². The van der Waals surface area contributed by atoms with Crippen LogP contribution < -0.4 is 4.74 Å². The topological polar surface area (TPSA) is 73.2 Å². The van der Waals surface area contributed by atoms with Crippen LogP contribution >= 0.6 is 0 Å². The summed E-state index contributed by atoms with van der Waals surface area (Å²) in [5.74, 6) is 1.42. The van der Waals surface area contributed by atoms with Gasteiger partial charge in [-0.1, -0.05) is 30.3 Å². The molecule has 0 radical (unpaired) electrons. The van der Waals surface area contributed by atoms with Gasteiger partial charge in [0, 0.05) is 29.0 Å². The Morgan fingerprint density at radius 3 is 2.69 bits per heavy atom. The molecule has 0 aliphatic rings. The van der Waals surface area contributed by atoms with Crippen molar-refractivity contribution in [3.05, 3.63) is 78.4 Å². The number of aromatic nitrogens is 3. The monoisotopic (exact) mass is 385 g/mol. The SMILES string of the molecule is COCc1c(-c2cnco2)ncc2[nH]c3ccc(OCc4ccccc4)cc3c12. The average molecular weight is 385 g/mol. The molecular formula is C23H19N3O3. The number of nitrogens with zero attached hydrogens (tertiary/aromatic N) is 2. The highest BCUT2D eigenvalue weighted by Gasteiger charge is 2.18. The predicted molar refractivity (Wildman–Crippen MR) is 111 cm³/mol. The number of aromatic amines is 1. The van der Waals surface area contributed by atoms with E-state index in [4.69, 9.17) is 13.9 Å². The van der Waals surface area contributed by atoms with Crippen molar-refractivity contribution in [1.82, 2.24) is 15.0 Å². The first-order valence-corrected chi connectivity index (χ1v) is 9.31. The minimum Gasteiger partial charge on any atom is -0.489 e. The average Bonchev–Trinajstić information content (AvgIpc) is 3.41. The van der Waals surface area contributed by atoms with Gasteiger partial charge in [0.05, 0.1) is 24.5 Å². The summed E-state index contributed by atoms with van der Waals surface area (Å²) in [5, 5.41) is 2.11. The summed E-state index contributed by atoms with van der Waals surface area (Å²) in [6, 6.07) is 16.2. The summed E-state index contributed by atoms with van der Waals surface area (Å²) >= 11 is 0. The molecule has 0 aliphatic heterocycles. The van der Waals surface area contributed by atoms with Gasteiger partial charge in [-0.05, 0) is 23.8 Å². The van der Waals surface area contributed by atoms with Crippen molar-refractivity contribution in [3.63, 3.8) is 0 Å². The van der Waals surface area contributed by atoms with Crippen molar-refractivity contribution in [2.75, 3.05) is 7.11 Å². The van der Waals surface area contributed by atoms with Gasteiger partial charge >= 0.3 is 0 Å². The maximum absolute atomic E-state index is 6.03. The molecule has 3 aromatic heterocycles. The van der Waals surface area contributed by atoms with Gasteiger partial charge in [-0.25, -0.2) is 4.98 Å². The lowest BCUT2D eigenvalue weighted by atomic mass is 10.0. The second kappa shape index (κ2) is 7.41. The molecule has 0 saturated carbocycles. The number of methoxy groups -OCH3 is 1. The van der Waals surface area contributed by atoms with E-state index >= 15 is 0 Å². The summed E-state index contributed by atoms with van der Waals surface area (Å²) < 4.78 is 17.0. The second-order valence-corrected chi connectivity index (χ2v) is 6.78. The van der Waals surface area contributed by atoms with Crippen LogP contribution in [-0.4, -0.2) is 22.1 Å². The van der Waals surface area contributed by atoms with E-state index in [9.17, 15) is 0 Å². The Bertz CT molecular complexity index is 1260. The van der Waals surface area contributed by atoms with Crippen molar-refractivity contribution < 1.29 is 13.9 Å². The highest BCUT2D eigenvalue weighted by Crippen LogP contribution is 2.35. The van der Waals surface area contributed by atoms with E-state index in [0.717, 1.165) is 44.4 Å². The first-order chi connectivity index (χ1) is 14.3. The van der Waals surface area contributed by atoms with Crippen LogP contribution in [0.5, 0.6) is 5.75 Å². The summed E-state index contributed by atoms with van der Waals surface area (Å²) in [5.41, 5.74) is 4.77. The third-order valence-electron chi connectivity index (χ3n) is 4.91. The number of ether oxygens (including phenoxy) is 2. The molecule has 0 fully saturated rings. The fourth-order valence-electron chi connectivity index (χ4n) is 3.60. The minimum absolute atomic E-state index is 0.405. The van der Waals surface area contributed by atoms with Gasteiger partial charge in [-0.15, -0.1) is 0 Å². The van der Waals surface area contributed by atoms with Crippen molar-refractivity contribution in [1.29, 1.82) is 0 Å². The molecule has 2 aromatic carbocycles. The van der Waals surface area contributed by atoms with Gasteiger partial charge in [0.25, 0.3) is 0 Å². The smallest absolute Gasteiger partial charge is 0.181 e. The Kier molecular flexibility index (Phi) is 4.46. The largest absolute Gasteiger partial charge is 0.489 e. The molecule has 29 heavy (non-hydrogen) atoms. The summed E-state index contributed by atoms with van der Waals surface area (Å²) in [6.07, 6.45) is 4.88. The van der Waals surface area contributed by atoms with Crippen molar-refractivity contribution in [2.45, 2.75) is 13.2 Å². The quantitative estimate of drug-likeness (QED) is 0.440. The highest BCUT2D eigenvalue weighted by atomic mass is 16.5. The maximum Gasteiger partial charge on any atom is 0.181 e. The van der Waals surface area contributed by atoms with E-state index in [1.807, 2.05) is 36.5 Å². The van der Waals surface area contributed by atoms with E-state index < -0.39 is 0 Å². The second-order valence-electron chi connectivity index (χ2n) is 6.78. The Morgan fingerprint density at radius 1 is 1.00 bits per heavy atom. The van der Waals surface area contributed by atoms with Gasteiger partial charge in [-0.3, -0.25) is 4.98 Å². The number of oxazole rings is 1. The first-order valence-electron chi connectivity index (χ1n) is 9.31. The van der Waals surface area contributed by atoms with Crippen LogP contribution in [-0.2, 0) is 18.0 Å². The lowest BCUT2D eigenvalue weighted by Crippen LogP contribution is -1.96. The number of nitrogens with one attached hydrogen (secondary N) is 1. The lowest BCUT2D eigenvalue weighted by molar-refractivity contribution is 0.186. The molecule has 6 nitrogen and oxygen atoms in total. The minimum atomic E-state index is 0.405. The third-order valence-corrected chi connectivity index (χ3v) is 4.91. The maximum atomic E-state index is 6.03. The Labute approximate surface area is 167 Å². The van der Waals surface area contributed by atoms with Crippen LogP contribution in [0.2, 0.25) is 0 Å². The van der Waals surface area contributed by atoms with Crippen molar-refractivity contribution in [2.24, 2.45) is 0 Å². The molecule has 0 amide bonds. The zero-order valence-corrected chi connectivity index (χ0v) is 15.9. The number of rotatable bonds is 6. The molecule has 3 heterocycles. The number of hydrogen-bond donors (Lipinski definition) is 1. The predicted octanol–water partition coefficient (Wildman–Crippen LogP) is 5.10. The zero-order chi connectivity index (χ0) is 19.6. The summed E-state index contributed by atoms with van der Waals surface area (Å²) in [7, 11) is 1.67. The number of hydrogen-bond acceptors (Lipinski definition) is 5. The Morgan fingerprint density at radius 2 is 1.90 bits per heavy atom. The molecular weight excluding hydrogens is 366 g/mol. The van der Waals surface area contributed by atoms with E-state index in [2.05, 4.69) is 33.2 Å². The molecule has 1 N–H and O–H groups in total. The molecule has 0 spiro atoms. The molecule has 6 heteroatoms. The van der Waals surface area contributed by atoms with Crippen LogP contribution in [0.25, 0.3) is 33.3 Å². The molecule has 0 atom stereocenters. The lowest BCUT2D eigenvalue weighted by Gasteiger charge is -2.09. The number of pyridine rings is 1. The van der Waals surface area contributed by atoms with Crippen LogP contribution in [0.1, 0.15) is 11.1 Å². The van der Waals surface area contributed by atoms with E-state index in [1.165, 1.54) is 6.39 Å². The fourth-order valence-corrected chi connectivity index (χ4v) is 3.60. The van der Waals surface area contributed by atoms with Crippen LogP contribution in [0.3, 0.4) is 0 Å². The normalized spacial score (nSPS) is 11.3. The molecule has 0 bridgehead atoms. The van der Waals surface area contributed by atoms with Crippen molar-refractivity contribution in [3.8, 4) is 17.2 Å². The number of benzene rings is 2. The van der Waals surface area contributed by atoms with Gasteiger partial charge < -0.3 is 18.9 Å². The molecule has 0 saturated heterocycles. The zero-order valence-electron chi connectivity index (χ0n) is 15.9. The Hall–Kier alpha value is -3.64. The summed E-state index contributed by atoms with van der Waals surface area (Å²) in [6.45, 7) is 0.924. The van der Waals surface area contributed by atoms with Crippen molar-refractivity contribution >= 4 is 21.8 Å². The molecule has 5 aromatic rings. The molecule has 0 unspecified atom stereocenters. The first kappa shape index (κ1) is 17.5. The number of H-pyrrole nitrogens is 1. The fraction of sp³-hybridized carbons (Fsp3) is 0.130. The number of fused-ring (bicyclic) bond motifs is 3.